The highest BCUT2D eigenvalue weighted by Crippen LogP contribution is 2.39. The van der Waals surface area contributed by atoms with Gasteiger partial charge in [0.05, 0.1) is 5.41 Å². The van der Waals surface area contributed by atoms with E-state index in [1.807, 2.05) is 20.9 Å². The predicted molar refractivity (Wildman–Crippen MR) is 85.9 cm³/mol. The summed E-state index contributed by atoms with van der Waals surface area (Å²) in [7, 11) is 1.85. The quantitative estimate of drug-likeness (QED) is 0.832. The van der Waals surface area contributed by atoms with Crippen LogP contribution in [0.15, 0.2) is 12.3 Å². The van der Waals surface area contributed by atoms with Crippen molar-refractivity contribution in [3.05, 3.63) is 23.8 Å². The fourth-order valence-corrected chi connectivity index (χ4v) is 3.63. The second-order valence-electron chi connectivity index (χ2n) is 7.04. The molecule has 1 aromatic heterocycles. The van der Waals surface area contributed by atoms with Gasteiger partial charge in [-0.25, -0.2) is 9.97 Å². The van der Waals surface area contributed by atoms with Crippen LogP contribution in [0.2, 0.25) is 0 Å². The molecule has 0 unspecified atom stereocenters. The third-order valence-electron chi connectivity index (χ3n) is 5.00. The topological polar surface area (TPSA) is 66.4 Å². The Labute approximate surface area is 136 Å². The molecule has 2 fully saturated rings. The van der Waals surface area contributed by atoms with Crippen molar-refractivity contribution in [2.45, 2.75) is 39.0 Å². The third-order valence-corrected chi connectivity index (χ3v) is 5.00. The number of aromatic nitrogens is 2. The van der Waals surface area contributed by atoms with Gasteiger partial charge >= 0.3 is 0 Å². The average molecular weight is 316 g/mol. The summed E-state index contributed by atoms with van der Waals surface area (Å²) in [5.41, 5.74) is 0.0497. The summed E-state index contributed by atoms with van der Waals surface area (Å²) in [6.07, 6.45) is 4.28. The molecule has 0 saturated carbocycles. The minimum absolute atomic E-state index is 0.0906. The van der Waals surface area contributed by atoms with Gasteiger partial charge in [-0.05, 0) is 25.3 Å². The smallest absolute Gasteiger partial charge is 0.272 e. The van der Waals surface area contributed by atoms with E-state index in [1.165, 1.54) is 0 Å². The van der Waals surface area contributed by atoms with E-state index in [2.05, 4.69) is 9.97 Å². The first kappa shape index (κ1) is 15.9. The maximum atomic E-state index is 12.7. The van der Waals surface area contributed by atoms with Gasteiger partial charge in [0.15, 0.2) is 0 Å². The summed E-state index contributed by atoms with van der Waals surface area (Å²) in [5.74, 6) is 0.955. The first-order chi connectivity index (χ1) is 10.9. The van der Waals surface area contributed by atoms with Crippen LogP contribution in [0.25, 0.3) is 0 Å². The van der Waals surface area contributed by atoms with Crippen LogP contribution in [-0.4, -0.2) is 58.3 Å². The van der Waals surface area contributed by atoms with E-state index in [1.54, 1.807) is 22.1 Å². The molecule has 6 heteroatoms. The maximum Gasteiger partial charge on any atom is 0.272 e. The molecule has 2 saturated heterocycles. The lowest BCUT2D eigenvalue weighted by atomic mass is 9.78. The van der Waals surface area contributed by atoms with Gasteiger partial charge in [0.1, 0.15) is 11.5 Å². The number of piperidine rings is 1. The Kier molecular flexibility index (Phi) is 4.08. The molecule has 3 rings (SSSR count). The third kappa shape index (κ3) is 2.82. The molecule has 124 valence electrons. The lowest BCUT2D eigenvalue weighted by Crippen LogP contribution is -2.48. The van der Waals surface area contributed by atoms with E-state index < -0.39 is 0 Å². The predicted octanol–water partition coefficient (Wildman–Crippen LogP) is 1.68. The molecular formula is C17H24N4O2. The van der Waals surface area contributed by atoms with E-state index in [9.17, 15) is 9.59 Å². The largest absolute Gasteiger partial charge is 0.345 e. The monoisotopic (exact) mass is 316 g/mol. The molecule has 1 aromatic rings. The number of hydrogen-bond acceptors (Lipinski definition) is 4. The normalized spacial score (nSPS) is 24.8. The molecule has 23 heavy (non-hydrogen) atoms. The van der Waals surface area contributed by atoms with Gasteiger partial charge in [0, 0.05) is 38.8 Å². The number of carbonyl (C=O) groups is 2. The molecule has 0 N–H and O–H groups in total. The van der Waals surface area contributed by atoms with Crippen molar-refractivity contribution in [2.24, 2.45) is 5.41 Å². The van der Waals surface area contributed by atoms with Gasteiger partial charge in [0.25, 0.3) is 5.91 Å². The first-order valence-electron chi connectivity index (χ1n) is 8.31. The molecule has 0 aliphatic carbocycles. The Hall–Kier alpha value is -1.98. The van der Waals surface area contributed by atoms with Gasteiger partial charge in [-0.2, -0.15) is 0 Å². The van der Waals surface area contributed by atoms with Crippen LogP contribution < -0.4 is 0 Å². The lowest BCUT2D eigenvalue weighted by Gasteiger charge is -2.37. The summed E-state index contributed by atoms with van der Waals surface area (Å²) in [6.45, 7) is 5.96. The Morgan fingerprint density at radius 1 is 1.30 bits per heavy atom. The van der Waals surface area contributed by atoms with Gasteiger partial charge in [-0.3, -0.25) is 9.59 Å². The van der Waals surface area contributed by atoms with Crippen LogP contribution in [0.5, 0.6) is 0 Å². The van der Waals surface area contributed by atoms with E-state index >= 15 is 0 Å². The highest BCUT2D eigenvalue weighted by molar-refractivity contribution is 5.93. The van der Waals surface area contributed by atoms with Crippen LogP contribution in [0.3, 0.4) is 0 Å². The van der Waals surface area contributed by atoms with E-state index in [4.69, 9.17) is 0 Å². The van der Waals surface area contributed by atoms with Crippen molar-refractivity contribution in [1.82, 2.24) is 19.8 Å². The molecule has 2 aliphatic rings. The molecule has 2 aliphatic heterocycles. The first-order valence-corrected chi connectivity index (χ1v) is 8.31. The number of likely N-dealkylation sites (tertiary alicyclic amines) is 2. The Bertz CT molecular complexity index is 631. The molecule has 6 nitrogen and oxygen atoms in total. The van der Waals surface area contributed by atoms with Gasteiger partial charge in [0.2, 0.25) is 5.91 Å². The number of nitrogens with zero attached hydrogens (tertiary/aromatic N) is 4. The van der Waals surface area contributed by atoms with Crippen LogP contribution in [0.1, 0.15) is 55.3 Å². The van der Waals surface area contributed by atoms with Crippen molar-refractivity contribution in [3.63, 3.8) is 0 Å². The SMILES string of the molecule is CC(C)c1nccc(C(=O)N2CC[C@]3(CCCN(C)C3=O)C2)n1. The minimum atomic E-state index is -0.378. The zero-order chi connectivity index (χ0) is 16.6. The lowest BCUT2D eigenvalue weighted by molar-refractivity contribution is -0.143. The molecule has 1 atom stereocenters. The molecule has 0 bridgehead atoms. The highest BCUT2D eigenvalue weighted by Gasteiger charge is 2.48. The van der Waals surface area contributed by atoms with Gasteiger partial charge < -0.3 is 9.80 Å². The van der Waals surface area contributed by atoms with Crippen molar-refractivity contribution >= 4 is 11.8 Å². The zero-order valence-electron chi connectivity index (χ0n) is 14.1. The number of carbonyl (C=O) groups excluding carboxylic acids is 2. The Morgan fingerprint density at radius 2 is 2.09 bits per heavy atom. The Balaban J connectivity index is 1.77. The van der Waals surface area contributed by atoms with Crippen LogP contribution in [-0.2, 0) is 4.79 Å². The van der Waals surface area contributed by atoms with E-state index in [0.717, 1.165) is 25.8 Å². The van der Waals surface area contributed by atoms with E-state index in [-0.39, 0.29) is 23.1 Å². The highest BCUT2D eigenvalue weighted by atomic mass is 16.2. The molecule has 2 amide bonds. The average Bonchev–Trinajstić information content (AvgIpc) is 2.97. The van der Waals surface area contributed by atoms with Crippen molar-refractivity contribution in [2.75, 3.05) is 26.7 Å². The number of amides is 2. The Morgan fingerprint density at radius 3 is 2.83 bits per heavy atom. The maximum absolute atomic E-state index is 12.7. The number of hydrogen-bond donors (Lipinski definition) is 0. The van der Waals surface area contributed by atoms with Crippen LogP contribution >= 0.6 is 0 Å². The minimum Gasteiger partial charge on any atom is -0.345 e. The molecule has 1 spiro atoms. The van der Waals surface area contributed by atoms with Gasteiger partial charge in [-0.15, -0.1) is 0 Å². The summed E-state index contributed by atoms with van der Waals surface area (Å²) < 4.78 is 0. The fourth-order valence-electron chi connectivity index (χ4n) is 3.63. The summed E-state index contributed by atoms with van der Waals surface area (Å²) >= 11 is 0. The summed E-state index contributed by atoms with van der Waals surface area (Å²) in [4.78, 5) is 37.5. The van der Waals surface area contributed by atoms with E-state index in [0.29, 0.717) is 24.6 Å². The van der Waals surface area contributed by atoms with Crippen LogP contribution in [0.4, 0.5) is 0 Å². The van der Waals surface area contributed by atoms with Gasteiger partial charge in [-0.1, -0.05) is 13.8 Å². The zero-order valence-corrected chi connectivity index (χ0v) is 14.1. The van der Waals surface area contributed by atoms with Crippen molar-refractivity contribution in [3.8, 4) is 0 Å². The summed E-state index contributed by atoms with van der Waals surface area (Å²) in [6, 6.07) is 1.66. The fraction of sp³-hybridized carbons (Fsp3) is 0.647. The molecule has 0 aromatic carbocycles. The van der Waals surface area contributed by atoms with Crippen LogP contribution in [0, 0.1) is 5.41 Å². The molecule has 3 heterocycles. The summed E-state index contributed by atoms with van der Waals surface area (Å²) in [5, 5.41) is 0. The second kappa shape index (κ2) is 5.91. The number of rotatable bonds is 2. The molecule has 0 radical (unpaired) electrons. The van der Waals surface area contributed by atoms with Crippen molar-refractivity contribution < 1.29 is 9.59 Å². The van der Waals surface area contributed by atoms with Crippen molar-refractivity contribution in [1.29, 1.82) is 0 Å². The second-order valence-corrected chi connectivity index (χ2v) is 7.04. The standard InChI is InChI=1S/C17H24N4O2/c1-12(2)14-18-8-5-13(19-14)15(22)21-10-7-17(11-21)6-4-9-20(3)16(17)23/h5,8,12H,4,6-7,9-11H2,1-3H3/t17-/m1/s1. The molecular weight excluding hydrogens is 292 g/mol.